The molecule has 0 aliphatic heterocycles. The van der Waals surface area contributed by atoms with Gasteiger partial charge in [0.15, 0.2) is 5.82 Å². The molecule has 0 bridgehead atoms. The van der Waals surface area contributed by atoms with Gasteiger partial charge in [-0.05, 0) is 85.1 Å². The van der Waals surface area contributed by atoms with Crippen LogP contribution in [0, 0.1) is 25.3 Å². The molecule has 0 saturated carbocycles. The molecule has 1 heterocycles. The molecule has 0 unspecified atom stereocenters. The summed E-state index contributed by atoms with van der Waals surface area (Å²) < 4.78 is 2.02. The number of nitrogens with one attached hydrogen (secondary N) is 1. The fraction of sp³-hybridized carbons (Fsp3) is 0.0508. The molecule has 10 heteroatoms. The van der Waals surface area contributed by atoms with E-state index in [0.717, 1.165) is 65.1 Å². The predicted octanol–water partition coefficient (Wildman–Crippen LogP) is 12.8. The number of amidine groups is 1. The first-order chi connectivity index (χ1) is 31.6. The summed E-state index contributed by atoms with van der Waals surface area (Å²) in [5, 5.41) is 7.08. The second kappa shape index (κ2) is 28.4. The number of aromatic nitrogens is 2. The number of allylic oxidation sites excluding steroid dienone is 7. The van der Waals surface area contributed by atoms with Crippen LogP contribution in [0.25, 0.3) is 56.7 Å². The van der Waals surface area contributed by atoms with E-state index in [1.165, 1.54) is 22.3 Å². The van der Waals surface area contributed by atoms with Gasteiger partial charge in [0.1, 0.15) is 23.6 Å². The standard InChI is InChI=1S/C29H21BrN2.C21H14BrO.C8H10N2.CH4.ClH.Na.H2O/c1-20-13-15-22(16-14-20)29-31-27(19-28(32-29)25-11-6-12-26(30)18-25)24-10-5-9-23(17-24)21-7-3-2-4-8-21;22-20-11-4-6-16(14-20)12-13-21(23)19-10-5-9-18(15-19)17-7-2-1-3-8-17;1-6-2-4-7(5-3-6)8(9)10;;;;/h2-19H,1H3;1-4,6-15H;2-5H,1H3,(H3,9,10);1H4;1H;;1H2/q;+1;;;;+1;/p-1/b;13-12+;;;;;. The summed E-state index contributed by atoms with van der Waals surface area (Å²) in [7, 11) is 0. The molecule has 69 heavy (non-hydrogen) atoms. The zero-order valence-corrected chi connectivity index (χ0v) is 43.8. The predicted molar refractivity (Wildman–Crippen MR) is 293 cm³/mol. The minimum absolute atomic E-state index is 0. The Morgan fingerprint density at radius 1 is 0.594 bits per heavy atom. The third-order valence-electron chi connectivity index (χ3n) is 10.2. The Morgan fingerprint density at radius 2 is 1.10 bits per heavy atom. The number of nitrogen functional groups attached to an aromatic ring is 1. The number of halogens is 3. The molecule has 0 saturated heterocycles. The number of hydrogen-bond donors (Lipinski definition) is 2. The van der Waals surface area contributed by atoms with Gasteiger partial charge >= 0.3 is 29.6 Å². The van der Waals surface area contributed by atoms with E-state index < -0.39 is 0 Å². The Hall–Kier alpha value is -6.16. The van der Waals surface area contributed by atoms with Crippen LogP contribution in [0.5, 0.6) is 0 Å². The number of hydrogen-bond acceptors (Lipinski definition) is 5. The van der Waals surface area contributed by atoms with Gasteiger partial charge in [-0.3, -0.25) is 10.2 Å². The zero-order valence-electron chi connectivity index (χ0n) is 37.8. The van der Waals surface area contributed by atoms with Crippen LogP contribution in [0.2, 0.25) is 0 Å². The van der Waals surface area contributed by atoms with Crippen molar-refractivity contribution in [2.45, 2.75) is 21.3 Å². The molecule has 4 N–H and O–H groups in total. The number of rotatable bonds is 9. The molecule has 1 aliphatic carbocycles. The molecule has 7 aromatic carbocycles. The van der Waals surface area contributed by atoms with Crippen molar-refractivity contribution in [2.75, 3.05) is 0 Å². The maximum absolute atomic E-state index is 12.4. The van der Waals surface area contributed by atoms with Crippen LogP contribution < -0.4 is 35.3 Å². The molecule has 0 atom stereocenters. The SMILES string of the molecule is C.Cc1ccc(-c2nc(-c3cccc(Br)c3)cc(-c3cccc(-c4ccccc4)c3)n2)cc1.Cc1ccc(C(=N)N)cc1.Cl.O=C(/C=C/c1cccc(Br)c1)C1=C[C+]=CC(c2ccccc2)=C1.[Na+].[OH-]. The van der Waals surface area contributed by atoms with Crippen LogP contribution in [0.1, 0.15) is 35.2 Å². The minimum Gasteiger partial charge on any atom is -0.870 e. The Balaban J connectivity index is 0.000000299. The molecule has 340 valence electrons. The van der Waals surface area contributed by atoms with Crippen LogP contribution in [0.3, 0.4) is 0 Å². The van der Waals surface area contributed by atoms with Gasteiger partial charge < -0.3 is 11.2 Å². The Kier molecular flexibility index (Phi) is 23.5. The minimum atomic E-state index is -0.0287. The van der Waals surface area contributed by atoms with Gasteiger partial charge in [0.2, 0.25) is 5.78 Å². The molecule has 0 amide bonds. The van der Waals surface area contributed by atoms with Gasteiger partial charge in [0.25, 0.3) is 0 Å². The quantitative estimate of drug-likeness (QED) is 0.0490. The van der Waals surface area contributed by atoms with Crippen LogP contribution in [0.15, 0.2) is 227 Å². The van der Waals surface area contributed by atoms with Gasteiger partial charge in [-0.25, -0.2) is 9.97 Å². The first-order valence-corrected chi connectivity index (χ1v) is 22.5. The van der Waals surface area contributed by atoms with Gasteiger partial charge in [0, 0.05) is 48.9 Å². The fourth-order valence-electron chi connectivity index (χ4n) is 6.73. The molecular formula is C59H51Br2ClN4NaO2+. The largest absolute Gasteiger partial charge is 1.00 e. The van der Waals surface area contributed by atoms with Crippen molar-refractivity contribution in [1.82, 2.24) is 9.97 Å². The van der Waals surface area contributed by atoms with Gasteiger partial charge in [-0.2, -0.15) is 0 Å². The molecule has 8 aromatic rings. The van der Waals surface area contributed by atoms with E-state index in [1.54, 1.807) is 12.2 Å². The fourth-order valence-corrected chi connectivity index (χ4v) is 7.55. The van der Waals surface area contributed by atoms with Gasteiger partial charge in [0.05, 0.1) is 23.0 Å². The van der Waals surface area contributed by atoms with Crippen LogP contribution in [-0.2, 0) is 4.79 Å². The van der Waals surface area contributed by atoms with Crippen molar-refractivity contribution in [3.8, 4) is 45.0 Å². The van der Waals surface area contributed by atoms with Crippen molar-refractivity contribution >= 4 is 67.5 Å². The molecule has 0 radical (unpaired) electrons. The summed E-state index contributed by atoms with van der Waals surface area (Å²) >= 11 is 7.01. The maximum Gasteiger partial charge on any atom is 1.00 e. The summed E-state index contributed by atoms with van der Waals surface area (Å²) in [6.45, 7) is 4.09. The monoisotopic (exact) mass is 1060 g/mol. The second-order valence-electron chi connectivity index (χ2n) is 15.2. The van der Waals surface area contributed by atoms with E-state index in [-0.39, 0.29) is 66.5 Å². The van der Waals surface area contributed by atoms with E-state index in [4.69, 9.17) is 21.1 Å². The molecule has 9 rings (SSSR count). The van der Waals surface area contributed by atoms with Crippen LogP contribution in [0.4, 0.5) is 0 Å². The average Bonchev–Trinajstić information content (AvgIpc) is 3.34. The molecule has 1 aliphatic rings. The summed E-state index contributed by atoms with van der Waals surface area (Å²) in [6.07, 6.45) is 12.0. The summed E-state index contributed by atoms with van der Waals surface area (Å²) in [6, 6.07) is 63.0. The number of benzene rings is 7. The maximum atomic E-state index is 12.4. The second-order valence-corrected chi connectivity index (χ2v) is 17.0. The van der Waals surface area contributed by atoms with E-state index in [9.17, 15) is 4.79 Å². The van der Waals surface area contributed by atoms with E-state index in [0.29, 0.717) is 5.57 Å². The summed E-state index contributed by atoms with van der Waals surface area (Å²) in [4.78, 5) is 22.3. The Bertz CT molecular complexity index is 3070. The first kappa shape index (κ1) is 57.2. The van der Waals surface area contributed by atoms with Gasteiger partial charge in [-0.15, -0.1) is 12.4 Å². The van der Waals surface area contributed by atoms with E-state index in [2.05, 4.69) is 136 Å². The Morgan fingerprint density at radius 3 is 1.68 bits per heavy atom. The Labute approximate surface area is 451 Å². The third kappa shape index (κ3) is 16.8. The number of ketones is 1. The van der Waals surface area contributed by atoms with Crippen LogP contribution >= 0.6 is 44.3 Å². The van der Waals surface area contributed by atoms with Crippen molar-refractivity contribution in [3.05, 3.63) is 261 Å². The molecule has 1 aromatic heterocycles. The topological polar surface area (TPSA) is 123 Å². The summed E-state index contributed by atoms with van der Waals surface area (Å²) in [5.74, 6) is 0.821. The first-order valence-electron chi connectivity index (χ1n) is 20.9. The molecule has 0 spiro atoms. The van der Waals surface area contributed by atoms with E-state index in [1.807, 2.05) is 122 Å². The van der Waals surface area contributed by atoms with Crippen LogP contribution in [-0.4, -0.2) is 27.1 Å². The zero-order chi connectivity index (χ0) is 45.5. The number of nitrogens with zero attached hydrogens (tertiary/aromatic N) is 2. The summed E-state index contributed by atoms with van der Waals surface area (Å²) in [5.41, 5.74) is 19.4. The number of aryl methyl sites for hydroxylation is 2. The molecule has 6 nitrogen and oxygen atoms in total. The van der Waals surface area contributed by atoms with Crippen molar-refractivity contribution in [2.24, 2.45) is 5.73 Å². The van der Waals surface area contributed by atoms with Crippen molar-refractivity contribution in [3.63, 3.8) is 0 Å². The average molecular weight is 1070 g/mol. The number of nitrogens with two attached hydrogens (primary N) is 1. The van der Waals surface area contributed by atoms with Gasteiger partial charge in [-0.1, -0.05) is 190 Å². The molecular weight excluding hydrogens is 1010 g/mol. The van der Waals surface area contributed by atoms with Crippen molar-refractivity contribution in [1.29, 1.82) is 5.41 Å². The number of carbonyl (C=O) groups is 1. The normalized spacial score (nSPS) is 10.8. The number of carbonyl (C=O) groups excluding carboxylic acids is 1. The van der Waals surface area contributed by atoms with Crippen molar-refractivity contribution < 1.29 is 39.8 Å². The smallest absolute Gasteiger partial charge is 0.870 e. The molecule has 0 fully saturated rings. The third-order valence-corrected chi connectivity index (χ3v) is 11.2. The van der Waals surface area contributed by atoms with E-state index >= 15 is 0 Å².